The van der Waals surface area contributed by atoms with Crippen LogP contribution >= 0.6 is 0 Å². The summed E-state index contributed by atoms with van der Waals surface area (Å²) in [5, 5.41) is 4.52. The maximum absolute atomic E-state index is 13.0. The number of hydrogen-bond acceptors (Lipinski definition) is 2. The lowest BCUT2D eigenvalue weighted by Gasteiger charge is -2.20. The number of carbonyl (C=O) groups is 2. The fourth-order valence-electron chi connectivity index (χ4n) is 2.53. The van der Waals surface area contributed by atoms with Crippen LogP contribution in [0, 0.1) is 11.7 Å². The van der Waals surface area contributed by atoms with Gasteiger partial charge in [0.2, 0.25) is 0 Å². The van der Waals surface area contributed by atoms with Crippen molar-refractivity contribution in [3.63, 3.8) is 0 Å². The van der Waals surface area contributed by atoms with Crippen LogP contribution in [-0.4, -0.2) is 36.5 Å². The Bertz CT molecular complexity index is 516. The molecule has 1 aromatic carbocycles. The van der Waals surface area contributed by atoms with E-state index in [4.69, 9.17) is 0 Å². The topological polar surface area (TPSA) is 66.0 Å². The van der Waals surface area contributed by atoms with Crippen molar-refractivity contribution in [1.29, 1.82) is 0 Å². The zero-order chi connectivity index (χ0) is 15.4. The highest BCUT2D eigenvalue weighted by atomic mass is 19.1. The van der Waals surface area contributed by atoms with Crippen LogP contribution in [0.1, 0.15) is 25.5 Å². The molecule has 1 aliphatic heterocycles. The lowest BCUT2D eigenvalue weighted by atomic mass is 9.96. The molecule has 1 fully saturated rings. The monoisotopic (exact) mass is 294 g/mol. The number of benzene rings is 1. The Morgan fingerprint density at radius 2 is 2.05 bits per heavy atom. The van der Waals surface area contributed by atoms with Gasteiger partial charge in [0.1, 0.15) is 11.9 Å². The first kappa shape index (κ1) is 15.4. The van der Waals surface area contributed by atoms with Gasteiger partial charge in [-0.1, -0.05) is 26.0 Å². The lowest BCUT2D eigenvalue weighted by Crippen LogP contribution is -2.88. The number of halogens is 1. The van der Waals surface area contributed by atoms with Crippen molar-refractivity contribution in [1.82, 2.24) is 10.2 Å². The number of carbonyl (C=O) groups excluding carboxylic acids is 2. The van der Waals surface area contributed by atoms with Gasteiger partial charge in [0.15, 0.2) is 6.54 Å². The molecule has 3 amide bonds. The molecule has 1 aromatic rings. The van der Waals surface area contributed by atoms with Gasteiger partial charge in [0, 0.05) is 24.6 Å². The van der Waals surface area contributed by atoms with E-state index in [-0.39, 0.29) is 36.3 Å². The molecule has 0 saturated carbocycles. The van der Waals surface area contributed by atoms with E-state index >= 15 is 0 Å². The van der Waals surface area contributed by atoms with Crippen LogP contribution in [0.4, 0.5) is 9.18 Å². The Balaban J connectivity index is 1.99. The van der Waals surface area contributed by atoms with Crippen molar-refractivity contribution in [3.05, 3.63) is 35.6 Å². The van der Waals surface area contributed by atoms with Crippen molar-refractivity contribution >= 4 is 11.9 Å². The van der Waals surface area contributed by atoms with Gasteiger partial charge in [-0.05, 0) is 12.1 Å². The van der Waals surface area contributed by atoms with Gasteiger partial charge in [-0.2, -0.15) is 0 Å². The molecule has 6 heteroatoms. The smallest absolute Gasteiger partial charge is 0.324 e. The van der Waals surface area contributed by atoms with Crippen LogP contribution in [0.3, 0.4) is 0 Å². The molecular formula is C15H21FN3O2+. The highest BCUT2D eigenvalue weighted by Gasteiger charge is 2.28. The molecule has 0 aliphatic carbocycles. The summed E-state index contributed by atoms with van der Waals surface area (Å²) in [6.45, 7) is 5.24. The van der Waals surface area contributed by atoms with E-state index in [1.807, 2.05) is 5.32 Å². The van der Waals surface area contributed by atoms with E-state index in [1.54, 1.807) is 12.1 Å². The Labute approximate surface area is 123 Å². The number of nitrogens with one attached hydrogen (secondary N) is 1. The van der Waals surface area contributed by atoms with Gasteiger partial charge < -0.3 is 10.6 Å². The molecule has 0 bridgehead atoms. The van der Waals surface area contributed by atoms with Crippen molar-refractivity contribution in [2.75, 3.05) is 19.6 Å². The molecule has 3 N–H and O–H groups in total. The van der Waals surface area contributed by atoms with Crippen molar-refractivity contribution < 1.29 is 19.3 Å². The van der Waals surface area contributed by atoms with Gasteiger partial charge in [-0.3, -0.25) is 9.69 Å². The number of nitrogens with zero attached hydrogens (tertiary/aromatic N) is 1. The Kier molecular flexibility index (Phi) is 4.90. The predicted molar refractivity (Wildman–Crippen MR) is 75.9 cm³/mol. The zero-order valence-corrected chi connectivity index (χ0v) is 12.3. The van der Waals surface area contributed by atoms with E-state index in [1.165, 1.54) is 17.0 Å². The number of nitrogens with two attached hydrogens (primary N) is 1. The number of urea groups is 1. The molecular weight excluding hydrogens is 273 g/mol. The summed E-state index contributed by atoms with van der Waals surface area (Å²) >= 11 is 0. The standard InChI is InChI=1S/C15H20FN3O2/c1-10(2)14(11-3-5-12(16)6-4-11)18-9-13(20)19-8-7-17-15(19)21/h3-6,10,14,18H,7-9H2,1-2H3,(H,17,21)/p+1/t14-/m0/s1. The Hall–Kier alpha value is -1.95. The number of imide groups is 1. The quantitative estimate of drug-likeness (QED) is 0.837. The summed E-state index contributed by atoms with van der Waals surface area (Å²) in [5.41, 5.74) is 0.977. The minimum atomic E-state index is -0.323. The molecule has 21 heavy (non-hydrogen) atoms. The Morgan fingerprint density at radius 1 is 1.38 bits per heavy atom. The summed E-state index contributed by atoms with van der Waals surface area (Å²) in [4.78, 5) is 24.7. The maximum atomic E-state index is 13.0. The van der Waals surface area contributed by atoms with Crippen LogP contribution in [-0.2, 0) is 4.79 Å². The first-order valence-corrected chi connectivity index (χ1v) is 7.16. The Morgan fingerprint density at radius 3 is 2.57 bits per heavy atom. The van der Waals surface area contributed by atoms with Crippen LogP contribution in [0.5, 0.6) is 0 Å². The summed E-state index contributed by atoms with van der Waals surface area (Å²) in [7, 11) is 0. The average Bonchev–Trinajstić information content (AvgIpc) is 2.86. The second kappa shape index (κ2) is 6.67. The summed E-state index contributed by atoms with van der Waals surface area (Å²) < 4.78 is 13.0. The van der Waals surface area contributed by atoms with Gasteiger partial charge in [-0.25, -0.2) is 9.18 Å². The zero-order valence-electron chi connectivity index (χ0n) is 12.3. The van der Waals surface area contributed by atoms with E-state index < -0.39 is 0 Å². The van der Waals surface area contributed by atoms with Gasteiger partial charge in [-0.15, -0.1) is 0 Å². The van der Waals surface area contributed by atoms with E-state index in [0.29, 0.717) is 13.1 Å². The summed E-state index contributed by atoms with van der Waals surface area (Å²) in [6.07, 6.45) is 0. The second-order valence-corrected chi connectivity index (χ2v) is 5.54. The number of amides is 3. The fourth-order valence-corrected chi connectivity index (χ4v) is 2.53. The predicted octanol–water partition coefficient (Wildman–Crippen LogP) is 0.638. The van der Waals surface area contributed by atoms with Crippen LogP contribution in [0.15, 0.2) is 24.3 Å². The van der Waals surface area contributed by atoms with Crippen molar-refractivity contribution in [3.8, 4) is 0 Å². The normalized spacial score (nSPS) is 16.2. The average molecular weight is 294 g/mol. The lowest BCUT2D eigenvalue weighted by molar-refractivity contribution is -0.692. The van der Waals surface area contributed by atoms with E-state index in [0.717, 1.165) is 5.56 Å². The molecule has 1 atom stereocenters. The molecule has 2 rings (SSSR count). The van der Waals surface area contributed by atoms with Crippen molar-refractivity contribution in [2.24, 2.45) is 5.92 Å². The van der Waals surface area contributed by atoms with E-state index in [9.17, 15) is 14.0 Å². The summed E-state index contributed by atoms with van der Waals surface area (Å²) in [5.74, 6) is -0.181. The van der Waals surface area contributed by atoms with Gasteiger partial charge in [0.05, 0.1) is 0 Å². The minimum absolute atomic E-state index is 0.0558. The maximum Gasteiger partial charge on any atom is 0.324 e. The first-order chi connectivity index (χ1) is 9.99. The third-order valence-corrected chi connectivity index (χ3v) is 3.68. The molecule has 1 heterocycles. The van der Waals surface area contributed by atoms with Gasteiger partial charge >= 0.3 is 6.03 Å². The molecule has 0 spiro atoms. The molecule has 0 aromatic heterocycles. The summed E-state index contributed by atoms with van der Waals surface area (Å²) in [6, 6.07) is 6.06. The molecule has 114 valence electrons. The minimum Gasteiger partial charge on any atom is -0.336 e. The molecule has 0 unspecified atom stereocenters. The number of quaternary nitrogens is 1. The van der Waals surface area contributed by atoms with E-state index in [2.05, 4.69) is 19.2 Å². The van der Waals surface area contributed by atoms with Crippen LogP contribution in [0.25, 0.3) is 0 Å². The molecule has 5 nitrogen and oxygen atoms in total. The number of rotatable bonds is 5. The number of hydrogen-bond donors (Lipinski definition) is 2. The van der Waals surface area contributed by atoms with Crippen molar-refractivity contribution in [2.45, 2.75) is 19.9 Å². The van der Waals surface area contributed by atoms with Crippen LogP contribution < -0.4 is 10.6 Å². The second-order valence-electron chi connectivity index (χ2n) is 5.54. The highest BCUT2D eigenvalue weighted by molar-refractivity contribution is 5.96. The SMILES string of the molecule is CC(C)[C@H]([NH2+]CC(=O)N1CCNC1=O)c1ccc(F)cc1. The third-order valence-electron chi connectivity index (χ3n) is 3.68. The van der Waals surface area contributed by atoms with Gasteiger partial charge in [0.25, 0.3) is 5.91 Å². The first-order valence-electron chi connectivity index (χ1n) is 7.16. The third kappa shape index (κ3) is 3.78. The largest absolute Gasteiger partial charge is 0.336 e. The molecule has 1 saturated heterocycles. The molecule has 0 radical (unpaired) electrons. The highest BCUT2D eigenvalue weighted by Crippen LogP contribution is 2.17. The van der Waals surface area contributed by atoms with Crippen LogP contribution in [0.2, 0.25) is 0 Å². The molecule has 1 aliphatic rings. The fraction of sp³-hybridized carbons (Fsp3) is 0.467.